The Morgan fingerprint density at radius 1 is 1.10 bits per heavy atom. The first kappa shape index (κ1) is 22.9. The summed E-state index contributed by atoms with van der Waals surface area (Å²) in [6.45, 7) is 0.692. The third kappa shape index (κ3) is 4.94. The summed E-state index contributed by atoms with van der Waals surface area (Å²) in [5.74, 6) is -1.42. The number of carbonyl (C=O) groups is 2. The Morgan fingerprint density at radius 2 is 1.80 bits per heavy atom. The second-order valence-corrected chi connectivity index (χ2v) is 6.26. The van der Waals surface area contributed by atoms with Crippen LogP contribution < -0.4 is 27.2 Å². The summed E-state index contributed by atoms with van der Waals surface area (Å²) < 4.78 is 13.8. The first-order chi connectivity index (χ1) is 13.9. The van der Waals surface area contributed by atoms with E-state index in [2.05, 4.69) is 20.9 Å². The highest BCUT2D eigenvalue weighted by atomic mass is 35.5. The number of aromatic amines is 1. The summed E-state index contributed by atoms with van der Waals surface area (Å²) in [4.78, 5) is 39.4. The predicted octanol–water partition coefficient (Wildman–Crippen LogP) is 2.07. The first-order valence-corrected chi connectivity index (χ1v) is 8.87. The number of fused-ring (bicyclic) bond motifs is 1. The molecule has 0 aliphatic carbocycles. The van der Waals surface area contributed by atoms with Crippen LogP contribution in [0.1, 0.15) is 20.7 Å². The molecule has 3 aromatic rings. The van der Waals surface area contributed by atoms with Crippen molar-refractivity contribution in [3.63, 3.8) is 0 Å². The van der Waals surface area contributed by atoms with Crippen LogP contribution in [0.5, 0.6) is 0 Å². The van der Waals surface area contributed by atoms with Gasteiger partial charge in [-0.15, -0.1) is 12.4 Å². The highest BCUT2D eigenvalue weighted by Crippen LogP contribution is 2.22. The molecule has 0 saturated carbocycles. The molecule has 8 nitrogen and oxygen atoms in total. The number of benzene rings is 2. The lowest BCUT2D eigenvalue weighted by Crippen LogP contribution is -2.29. The third-order valence-corrected chi connectivity index (χ3v) is 4.27. The molecule has 2 aromatic carbocycles. The lowest BCUT2D eigenvalue weighted by Gasteiger charge is -2.09. The number of aromatic nitrogens is 1. The van der Waals surface area contributed by atoms with Crippen molar-refractivity contribution in [3.05, 3.63) is 69.8 Å². The molecule has 3 rings (SSSR count). The number of halogens is 2. The maximum atomic E-state index is 13.8. The summed E-state index contributed by atoms with van der Waals surface area (Å²) in [5, 5.41) is 8.42. The van der Waals surface area contributed by atoms with E-state index < -0.39 is 17.3 Å². The fourth-order valence-electron chi connectivity index (χ4n) is 2.84. The van der Waals surface area contributed by atoms with Gasteiger partial charge in [-0.05, 0) is 42.5 Å². The zero-order chi connectivity index (χ0) is 21.0. The van der Waals surface area contributed by atoms with Crippen molar-refractivity contribution in [1.82, 2.24) is 10.3 Å². The van der Waals surface area contributed by atoms with Crippen molar-refractivity contribution in [2.24, 2.45) is 5.73 Å². The van der Waals surface area contributed by atoms with Crippen molar-refractivity contribution in [2.45, 2.75) is 0 Å². The molecular weight excluding hydrogens is 413 g/mol. The second-order valence-electron chi connectivity index (χ2n) is 6.26. The van der Waals surface area contributed by atoms with Gasteiger partial charge >= 0.3 is 0 Å². The molecule has 1 aromatic heterocycles. The van der Waals surface area contributed by atoms with Gasteiger partial charge in [-0.25, -0.2) is 4.39 Å². The van der Waals surface area contributed by atoms with Crippen molar-refractivity contribution in [2.75, 3.05) is 30.8 Å². The quantitative estimate of drug-likeness (QED) is 0.406. The average Bonchev–Trinajstić information content (AvgIpc) is 2.71. The topological polar surface area (TPSA) is 129 Å². The minimum absolute atomic E-state index is 0. The molecule has 0 spiro atoms. The number of amides is 2. The number of nitrogens with one attached hydrogen (secondary N) is 4. The molecule has 1 heterocycles. The zero-order valence-corrected chi connectivity index (χ0v) is 16.9. The molecule has 0 unspecified atom stereocenters. The van der Waals surface area contributed by atoms with Gasteiger partial charge in [0.2, 0.25) is 0 Å². The van der Waals surface area contributed by atoms with Gasteiger partial charge in [0.25, 0.3) is 17.4 Å². The molecule has 2 amide bonds. The minimum Gasteiger partial charge on any atom is -0.386 e. The van der Waals surface area contributed by atoms with Gasteiger partial charge in [0.15, 0.2) is 0 Å². The van der Waals surface area contributed by atoms with E-state index in [0.29, 0.717) is 40.9 Å². The van der Waals surface area contributed by atoms with E-state index in [4.69, 9.17) is 5.73 Å². The highest BCUT2D eigenvalue weighted by molar-refractivity contribution is 6.06. The molecule has 158 valence electrons. The Bertz CT molecular complexity index is 1130. The van der Waals surface area contributed by atoms with Crippen LogP contribution in [0.3, 0.4) is 0 Å². The van der Waals surface area contributed by atoms with E-state index in [1.807, 2.05) is 0 Å². The lowest BCUT2D eigenvalue weighted by molar-refractivity contribution is 0.0954. The summed E-state index contributed by atoms with van der Waals surface area (Å²) >= 11 is 0. The Hall–Kier alpha value is -3.43. The number of anilines is 2. The molecule has 0 radical (unpaired) electrons. The molecule has 0 aliphatic rings. The normalized spacial score (nSPS) is 10.2. The number of hydrogen-bond acceptors (Lipinski definition) is 5. The van der Waals surface area contributed by atoms with E-state index in [1.165, 1.54) is 18.2 Å². The monoisotopic (exact) mass is 433 g/mol. The smallest absolute Gasteiger partial charge is 0.261 e. The molecule has 0 atom stereocenters. The van der Waals surface area contributed by atoms with Crippen LogP contribution in [0, 0.1) is 5.82 Å². The van der Waals surface area contributed by atoms with E-state index in [1.54, 1.807) is 31.3 Å². The van der Waals surface area contributed by atoms with Gasteiger partial charge in [-0.1, -0.05) is 0 Å². The Labute approximate surface area is 177 Å². The SMILES string of the molecule is CNc1cc(F)cc2cc(C(=O)Nc3ccc(C(=O)NCCN)cc3)c(=O)[nH]c12.Cl. The summed E-state index contributed by atoms with van der Waals surface area (Å²) in [5.41, 5.74) is 6.22. The van der Waals surface area contributed by atoms with Crippen molar-refractivity contribution in [3.8, 4) is 0 Å². The van der Waals surface area contributed by atoms with Crippen LogP contribution in [-0.2, 0) is 0 Å². The van der Waals surface area contributed by atoms with Crippen molar-refractivity contribution >= 4 is 46.5 Å². The van der Waals surface area contributed by atoms with Crippen LogP contribution in [0.2, 0.25) is 0 Å². The Balaban J connectivity index is 0.00000320. The molecule has 0 aliphatic heterocycles. The molecule has 0 fully saturated rings. The maximum Gasteiger partial charge on any atom is 0.261 e. The van der Waals surface area contributed by atoms with E-state index in [9.17, 15) is 18.8 Å². The second kappa shape index (κ2) is 9.86. The largest absolute Gasteiger partial charge is 0.386 e. The molecule has 0 saturated heterocycles. The van der Waals surface area contributed by atoms with Gasteiger partial charge in [0.05, 0.1) is 11.2 Å². The number of H-pyrrole nitrogens is 1. The average molecular weight is 434 g/mol. The van der Waals surface area contributed by atoms with Gasteiger partial charge in [-0.3, -0.25) is 14.4 Å². The van der Waals surface area contributed by atoms with Crippen LogP contribution in [0.15, 0.2) is 47.3 Å². The number of carbonyl (C=O) groups excluding carboxylic acids is 2. The number of pyridine rings is 1. The standard InChI is InChI=1S/C20H20FN5O3.ClH/c1-23-16-10-13(21)8-12-9-15(20(29)26-17(12)16)19(28)25-14-4-2-11(3-5-14)18(27)24-7-6-22;/h2-5,8-10,23H,6-7,22H2,1H3,(H,24,27)(H,25,28)(H,26,29);1H. The van der Waals surface area contributed by atoms with Gasteiger partial charge < -0.3 is 26.7 Å². The number of rotatable bonds is 6. The summed E-state index contributed by atoms with van der Waals surface area (Å²) in [6, 6.07) is 10.00. The van der Waals surface area contributed by atoms with Crippen molar-refractivity contribution < 1.29 is 14.0 Å². The van der Waals surface area contributed by atoms with Gasteiger partial charge in [0, 0.05) is 36.8 Å². The van der Waals surface area contributed by atoms with Gasteiger partial charge in [0.1, 0.15) is 11.4 Å². The third-order valence-electron chi connectivity index (χ3n) is 4.27. The Kier molecular flexibility index (Phi) is 7.51. The molecule has 6 N–H and O–H groups in total. The molecule has 10 heteroatoms. The van der Waals surface area contributed by atoms with E-state index in [-0.39, 0.29) is 23.9 Å². The van der Waals surface area contributed by atoms with E-state index in [0.717, 1.165) is 0 Å². The van der Waals surface area contributed by atoms with Gasteiger partial charge in [-0.2, -0.15) is 0 Å². The summed E-state index contributed by atoms with van der Waals surface area (Å²) in [6.07, 6.45) is 0. The first-order valence-electron chi connectivity index (χ1n) is 8.87. The molecular formula is C20H21ClFN5O3. The van der Waals surface area contributed by atoms with E-state index >= 15 is 0 Å². The minimum atomic E-state index is -0.649. The predicted molar refractivity (Wildman–Crippen MR) is 117 cm³/mol. The van der Waals surface area contributed by atoms with Crippen LogP contribution in [0.4, 0.5) is 15.8 Å². The molecule has 30 heavy (non-hydrogen) atoms. The van der Waals surface area contributed by atoms with Crippen LogP contribution in [0.25, 0.3) is 10.9 Å². The summed E-state index contributed by atoms with van der Waals surface area (Å²) in [7, 11) is 1.60. The fourth-order valence-corrected chi connectivity index (χ4v) is 2.84. The highest BCUT2D eigenvalue weighted by Gasteiger charge is 2.15. The Morgan fingerprint density at radius 3 is 2.43 bits per heavy atom. The van der Waals surface area contributed by atoms with Crippen molar-refractivity contribution in [1.29, 1.82) is 0 Å². The fraction of sp³-hybridized carbons (Fsp3) is 0.150. The zero-order valence-electron chi connectivity index (χ0n) is 16.0. The molecule has 0 bridgehead atoms. The number of hydrogen-bond donors (Lipinski definition) is 5. The lowest BCUT2D eigenvalue weighted by atomic mass is 10.1. The maximum absolute atomic E-state index is 13.8. The number of nitrogens with two attached hydrogens (primary N) is 1. The van der Waals surface area contributed by atoms with Crippen LogP contribution >= 0.6 is 12.4 Å². The van der Waals surface area contributed by atoms with Crippen LogP contribution in [-0.4, -0.2) is 36.9 Å².